The zero-order valence-electron chi connectivity index (χ0n) is 15.9. The Morgan fingerprint density at radius 1 is 1.32 bits per heavy atom. The van der Waals surface area contributed by atoms with E-state index in [1.54, 1.807) is 11.3 Å². The summed E-state index contributed by atoms with van der Waals surface area (Å²) in [5.41, 5.74) is 1.59. The number of rotatable bonds is 7. The molecule has 1 atom stereocenters. The van der Waals surface area contributed by atoms with E-state index < -0.39 is 0 Å². The van der Waals surface area contributed by atoms with Crippen LogP contribution in [-0.4, -0.2) is 51.8 Å². The van der Waals surface area contributed by atoms with E-state index in [2.05, 4.69) is 37.1 Å². The van der Waals surface area contributed by atoms with Crippen LogP contribution in [0.4, 0.5) is 10.5 Å². The molecule has 1 aliphatic rings. The summed E-state index contributed by atoms with van der Waals surface area (Å²) in [6.07, 6.45) is 2.21. The highest BCUT2D eigenvalue weighted by atomic mass is 32.1. The molecule has 2 heterocycles. The lowest BCUT2D eigenvalue weighted by molar-refractivity contribution is 0.244. The predicted octanol–water partition coefficient (Wildman–Crippen LogP) is 3.16. The topological polar surface area (TPSA) is 88.0 Å². The van der Waals surface area contributed by atoms with E-state index in [0.717, 1.165) is 24.2 Å². The van der Waals surface area contributed by atoms with Gasteiger partial charge >= 0.3 is 6.03 Å². The number of nitrogens with one attached hydrogen (secondary N) is 2. The lowest BCUT2D eigenvalue weighted by Gasteiger charge is -2.23. The number of nitrogens with zero attached hydrogens (tertiary/aromatic N) is 5. The summed E-state index contributed by atoms with van der Waals surface area (Å²) in [6.45, 7) is 0.527. The van der Waals surface area contributed by atoms with Crippen LogP contribution in [0.3, 0.4) is 0 Å². The lowest BCUT2D eigenvalue weighted by Crippen LogP contribution is -2.36. The highest BCUT2D eigenvalue weighted by Crippen LogP contribution is 2.36. The summed E-state index contributed by atoms with van der Waals surface area (Å²) >= 11 is 1.69. The number of aromatic nitrogens is 4. The standard InChI is InChI=1S/C19H23N7OS/c1-25(2)16(17-7-4-10-28-17)12-20-19(27)21-14-6-3-5-13(11-14)18-22-23-24-26(18)15-8-9-15/h3-7,10-11,15-16H,8-9,12H2,1-2H3,(H2,20,21,27). The number of tetrazole rings is 1. The first-order chi connectivity index (χ1) is 13.6. The SMILES string of the molecule is CN(C)C(CNC(=O)Nc1cccc(-c2nnnn2C2CC2)c1)c1cccs1. The summed E-state index contributed by atoms with van der Waals surface area (Å²) < 4.78 is 1.86. The zero-order chi connectivity index (χ0) is 19.5. The Morgan fingerprint density at radius 3 is 2.89 bits per heavy atom. The Hall–Kier alpha value is -2.78. The van der Waals surface area contributed by atoms with Gasteiger partial charge in [0.05, 0.1) is 12.1 Å². The van der Waals surface area contributed by atoms with Gasteiger partial charge in [-0.15, -0.1) is 16.4 Å². The smallest absolute Gasteiger partial charge is 0.319 e. The van der Waals surface area contributed by atoms with Crippen molar-refractivity contribution in [2.24, 2.45) is 0 Å². The van der Waals surface area contributed by atoms with Crippen LogP contribution in [0, 0.1) is 0 Å². The summed E-state index contributed by atoms with van der Waals surface area (Å²) in [6, 6.07) is 12.0. The van der Waals surface area contributed by atoms with Crippen LogP contribution in [0.5, 0.6) is 0 Å². The van der Waals surface area contributed by atoms with Crippen molar-refractivity contribution in [3.8, 4) is 11.4 Å². The quantitative estimate of drug-likeness (QED) is 0.639. The van der Waals surface area contributed by atoms with Crippen molar-refractivity contribution < 1.29 is 4.79 Å². The third-order valence-electron chi connectivity index (χ3n) is 4.72. The maximum Gasteiger partial charge on any atom is 0.319 e. The van der Waals surface area contributed by atoms with Gasteiger partial charge in [0.25, 0.3) is 0 Å². The monoisotopic (exact) mass is 397 g/mol. The van der Waals surface area contributed by atoms with E-state index in [4.69, 9.17) is 0 Å². The van der Waals surface area contributed by atoms with Crippen LogP contribution in [0.1, 0.15) is 29.8 Å². The average Bonchev–Trinajstić information content (AvgIpc) is 3.17. The Bertz CT molecular complexity index is 933. The minimum absolute atomic E-state index is 0.139. The first-order valence-electron chi connectivity index (χ1n) is 9.25. The molecule has 2 N–H and O–H groups in total. The number of hydrogen-bond acceptors (Lipinski definition) is 6. The summed E-state index contributed by atoms with van der Waals surface area (Å²) in [7, 11) is 4.02. The fourth-order valence-corrected chi connectivity index (χ4v) is 3.99. The fraction of sp³-hybridized carbons (Fsp3) is 0.368. The molecule has 1 saturated carbocycles. The minimum Gasteiger partial charge on any atom is -0.336 e. The normalized spacial score (nSPS) is 14.8. The first-order valence-corrected chi connectivity index (χ1v) is 10.1. The lowest BCUT2D eigenvalue weighted by atomic mass is 10.2. The van der Waals surface area contributed by atoms with Crippen LogP contribution in [-0.2, 0) is 0 Å². The van der Waals surface area contributed by atoms with Crippen molar-refractivity contribution in [2.75, 3.05) is 26.0 Å². The van der Waals surface area contributed by atoms with Gasteiger partial charge in [0.1, 0.15) is 0 Å². The second kappa shape index (κ2) is 8.07. The van der Waals surface area contributed by atoms with Gasteiger partial charge in [0.2, 0.25) is 0 Å². The number of benzene rings is 1. The van der Waals surface area contributed by atoms with Gasteiger partial charge in [-0.25, -0.2) is 9.48 Å². The van der Waals surface area contributed by atoms with Crippen molar-refractivity contribution >= 4 is 23.1 Å². The van der Waals surface area contributed by atoms with Gasteiger partial charge in [-0.05, 0) is 60.9 Å². The van der Waals surface area contributed by atoms with Gasteiger partial charge in [-0.2, -0.15) is 0 Å². The van der Waals surface area contributed by atoms with E-state index in [1.807, 2.05) is 54.5 Å². The molecule has 0 spiro atoms. The summed E-state index contributed by atoms with van der Waals surface area (Å²) in [5.74, 6) is 0.733. The molecule has 1 aliphatic carbocycles. The molecule has 3 aromatic rings. The fourth-order valence-electron chi connectivity index (χ4n) is 3.07. The Kier molecular flexibility index (Phi) is 5.36. The van der Waals surface area contributed by atoms with Crippen LogP contribution in [0.25, 0.3) is 11.4 Å². The van der Waals surface area contributed by atoms with E-state index in [9.17, 15) is 4.79 Å². The van der Waals surface area contributed by atoms with Crippen LogP contribution < -0.4 is 10.6 Å². The second-order valence-corrected chi connectivity index (χ2v) is 8.07. The number of anilines is 1. The third-order valence-corrected chi connectivity index (χ3v) is 5.69. The Labute approximate surface area is 167 Å². The molecule has 0 radical (unpaired) electrons. The van der Waals surface area contributed by atoms with Gasteiger partial charge in [0.15, 0.2) is 5.82 Å². The number of thiophene rings is 1. The number of carbonyl (C=O) groups is 1. The van der Waals surface area contributed by atoms with Crippen molar-refractivity contribution in [1.29, 1.82) is 0 Å². The molecule has 0 saturated heterocycles. The molecule has 2 aromatic heterocycles. The number of amides is 2. The molecule has 146 valence electrons. The average molecular weight is 398 g/mol. The zero-order valence-corrected chi connectivity index (χ0v) is 16.7. The first kappa shape index (κ1) is 18.6. The van der Waals surface area contributed by atoms with Crippen molar-refractivity contribution in [3.63, 3.8) is 0 Å². The van der Waals surface area contributed by atoms with Gasteiger partial charge in [0, 0.05) is 22.7 Å². The molecule has 0 aliphatic heterocycles. The van der Waals surface area contributed by atoms with Crippen LogP contribution in [0.15, 0.2) is 41.8 Å². The second-order valence-electron chi connectivity index (χ2n) is 7.09. The maximum atomic E-state index is 12.4. The Morgan fingerprint density at radius 2 is 2.18 bits per heavy atom. The molecule has 28 heavy (non-hydrogen) atoms. The van der Waals surface area contributed by atoms with Gasteiger partial charge < -0.3 is 15.5 Å². The van der Waals surface area contributed by atoms with Crippen LogP contribution >= 0.6 is 11.3 Å². The number of likely N-dealkylation sites (N-methyl/N-ethyl adjacent to an activating group) is 1. The minimum atomic E-state index is -0.234. The molecule has 0 bridgehead atoms. The molecular weight excluding hydrogens is 374 g/mol. The van der Waals surface area contributed by atoms with Crippen molar-refractivity contribution in [1.82, 2.24) is 30.4 Å². The number of hydrogen-bond donors (Lipinski definition) is 2. The molecule has 8 nitrogen and oxygen atoms in total. The van der Waals surface area contributed by atoms with E-state index in [-0.39, 0.29) is 12.1 Å². The summed E-state index contributed by atoms with van der Waals surface area (Å²) in [4.78, 5) is 15.7. The van der Waals surface area contributed by atoms with Crippen LogP contribution in [0.2, 0.25) is 0 Å². The van der Waals surface area contributed by atoms with Crippen molar-refractivity contribution in [2.45, 2.75) is 24.9 Å². The van der Waals surface area contributed by atoms with E-state index in [1.165, 1.54) is 4.88 Å². The molecule has 2 amide bonds. The predicted molar refractivity (Wildman–Crippen MR) is 109 cm³/mol. The number of urea groups is 1. The molecule has 9 heteroatoms. The van der Waals surface area contributed by atoms with E-state index >= 15 is 0 Å². The Balaban J connectivity index is 1.40. The molecule has 1 unspecified atom stereocenters. The highest BCUT2D eigenvalue weighted by molar-refractivity contribution is 7.10. The molecule has 1 fully saturated rings. The van der Waals surface area contributed by atoms with Crippen molar-refractivity contribution in [3.05, 3.63) is 46.7 Å². The molecule has 4 rings (SSSR count). The largest absolute Gasteiger partial charge is 0.336 e. The molecule has 1 aromatic carbocycles. The highest BCUT2D eigenvalue weighted by Gasteiger charge is 2.28. The van der Waals surface area contributed by atoms with Gasteiger partial charge in [-0.1, -0.05) is 18.2 Å². The summed E-state index contributed by atoms with van der Waals surface area (Å²) in [5, 5.41) is 19.9. The van der Waals surface area contributed by atoms with E-state index in [0.29, 0.717) is 18.3 Å². The van der Waals surface area contributed by atoms with Gasteiger partial charge in [-0.3, -0.25) is 0 Å². The number of carbonyl (C=O) groups excluding carboxylic acids is 1. The molecular formula is C19H23N7OS. The third kappa shape index (κ3) is 4.20. The maximum absolute atomic E-state index is 12.4.